The summed E-state index contributed by atoms with van der Waals surface area (Å²) >= 11 is 0. The van der Waals surface area contributed by atoms with Crippen molar-refractivity contribution in [1.82, 2.24) is 16.0 Å². The van der Waals surface area contributed by atoms with Gasteiger partial charge in [-0.2, -0.15) is 0 Å². The normalized spacial score (nSPS) is 19.1. The van der Waals surface area contributed by atoms with Gasteiger partial charge in [-0.1, -0.05) is 26.0 Å². The van der Waals surface area contributed by atoms with E-state index in [-0.39, 0.29) is 18.4 Å². The Morgan fingerprint density at radius 1 is 1.38 bits per heavy atom. The van der Waals surface area contributed by atoms with Gasteiger partial charge in [-0.15, -0.1) is 0 Å². The van der Waals surface area contributed by atoms with E-state index in [0.717, 1.165) is 13.0 Å². The highest BCUT2D eigenvalue weighted by molar-refractivity contribution is 5.92. The van der Waals surface area contributed by atoms with Gasteiger partial charge in [0, 0.05) is 0 Å². The molecule has 7 heteroatoms. The van der Waals surface area contributed by atoms with Crippen LogP contribution >= 0.6 is 0 Å². The fourth-order valence-corrected chi connectivity index (χ4v) is 2.06. The van der Waals surface area contributed by atoms with E-state index in [2.05, 4.69) is 16.0 Å². The lowest BCUT2D eigenvalue weighted by molar-refractivity contribution is -0.130. The summed E-state index contributed by atoms with van der Waals surface area (Å²) < 4.78 is 0. The summed E-state index contributed by atoms with van der Waals surface area (Å²) in [4.78, 5) is 34.9. The summed E-state index contributed by atoms with van der Waals surface area (Å²) in [6.45, 7) is 4.42. The molecular weight excluding hydrogens is 272 g/mol. The van der Waals surface area contributed by atoms with E-state index in [1.807, 2.05) is 19.9 Å². The third-order valence-electron chi connectivity index (χ3n) is 3.06. The van der Waals surface area contributed by atoms with Gasteiger partial charge in [0.1, 0.15) is 12.1 Å². The van der Waals surface area contributed by atoms with Crippen molar-refractivity contribution in [1.29, 1.82) is 0 Å². The number of hydrogen-bond acceptors (Lipinski definition) is 4. The molecule has 2 atom stereocenters. The number of nitrogens with one attached hydrogen (secondary N) is 3. The Labute approximate surface area is 124 Å². The topological polar surface area (TPSA) is 113 Å². The number of primary amides is 1. The van der Waals surface area contributed by atoms with Crippen molar-refractivity contribution in [3.63, 3.8) is 0 Å². The predicted molar refractivity (Wildman–Crippen MR) is 79.1 cm³/mol. The molecule has 1 heterocycles. The van der Waals surface area contributed by atoms with Crippen LogP contribution in [0.15, 0.2) is 12.2 Å². The minimum absolute atomic E-state index is 0.226. The van der Waals surface area contributed by atoms with Crippen molar-refractivity contribution in [2.24, 2.45) is 11.7 Å². The van der Waals surface area contributed by atoms with Gasteiger partial charge in [-0.25, -0.2) is 0 Å². The molecule has 0 unspecified atom stereocenters. The third kappa shape index (κ3) is 6.40. The van der Waals surface area contributed by atoms with Crippen LogP contribution in [0.5, 0.6) is 0 Å². The zero-order valence-electron chi connectivity index (χ0n) is 12.5. The highest BCUT2D eigenvalue weighted by atomic mass is 16.2. The molecule has 1 rings (SSSR count). The number of rotatable bonds is 7. The van der Waals surface area contributed by atoms with E-state index in [9.17, 15) is 14.4 Å². The summed E-state index contributed by atoms with van der Waals surface area (Å²) in [7, 11) is 0. The van der Waals surface area contributed by atoms with Gasteiger partial charge in [0.2, 0.25) is 17.7 Å². The van der Waals surface area contributed by atoms with Crippen LogP contribution in [0.1, 0.15) is 26.7 Å². The first-order valence-electron chi connectivity index (χ1n) is 7.16. The van der Waals surface area contributed by atoms with Crippen molar-refractivity contribution < 1.29 is 14.4 Å². The smallest absolute Gasteiger partial charge is 0.243 e. The third-order valence-corrected chi connectivity index (χ3v) is 3.06. The van der Waals surface area contributed by atoms with Gasteiger partial charge in [0.25, 0.3) is 0 Å². The zero-order valence-corrected chi connectivity index (χ0v) is 12.5. The van der Waals surface area contributed by atoms with Crippen LogP contribution in [-0.4, -0.2) is 42.9 Å². The van der Waals surface area contributed by atoms with E-state index < -0.39 is 23.9 Å². The molecule has 0 radical (unpaired) electrons. The monoisotopic (exact) mass is 296 g/mol. The largest absolute Gasteiger partial charge is 0.368 e. The van der Waals surface area contributed by atoms with Crippen LogP contribution in [0.2, 0.25) is 0 Å². The lowest BCUT2D eigenvalue weighted by atomic mass is 10.0. The highest BCUT2D eigenvalue weighted by Crippen LogP contribution is 2.06. The lowest BCUT2D eigenvalue weighted by Gasteiger charge is -2.23. The molecule has 1 aliphatic rings. The Morgan fingerprint density at radius 2 is 2.10 bits per heavy atom. The number of carbonyl (C=O) groups excluding carboxylic acids is 3. The number of nitrogens with two attached hydrogens (primary N) is 1. The second-order valence-electron chi connectivity index (χ2n) is 5.52. The van der Waals surface area contributed by atoms with Crippen LogP contribution in [0, 0.1) is 5.92 Å². The second-order valence-corrected chi connectivity index (χ2v) is 5.52. The van der Waals surface area contributed by atoms with Gasteiger partial charge in [0.15, 0.2) is 0 Å². The summed E-state index contributed by atoms with van der Waals surface area (Å²) in [6, 6.07) is -1.09. The van der Waals surface area contributed by atoms with Crippen LogP contribution in [0.25, 0.3) is 0 Å². The predicted octanol–water partition coefficient (Wildman–Crippen LogP) is -0.963. The molecule has 0 aromatic carbocycles. The van der Waals surface area contributed by atoms with E-state index in [1.165, 1.54) is 0 Å². The average molecular weight is 296 g/mol. The van der Waals surface area contributed by atoms with Crippen LogP contribution in [-0.2, 0) is 14.4 Å². The van der Waals surface area contributed by atoms with Crippen LogP contribution in [0.4, 0.5) is 0 Å². The van der Waals surface area contributed by atoms with Crippen molar-refractivity contribution in [3.8, 4) is 0 Å². The van der Waals surface area contributed by atoms with Crippen molar-refractivity contribution in [2.45, 2.75) is 38.8 Å². The van der Waals surface area contributed by atoms with Crippen LogP contribution < -0.4 is 21.7 Å². The Kier molecular flexibility index (Phi) is 6.87. The maximum Gasteiger partial charge on any atom is 0.243 e. The number of amides is 3. The summed E-state index contributed by atoms with van der Waals surface area (Å²) in [5, 5.41) is 8.22. The van der Waals surface area contributed by atoms with Gasteiger partial charge in [-0.3, -0.25) is 14.4 Å². The quantitative estimate of drug-likeness (QED) is 0.453. The molecule has 21 heavy (non-hydrogen) atoms. The first-order valence-corrected chi connectivity index (χ1v) is 7.16. The molecule has 7 nitrogen and oxygen atoms in total. The molecule has 0 aromatic heterocycles. The van der Waals surface area contributed by atoms with E-state index in [4.69, 9.17) is 5.73 Å². The first-order chi connectivity index (χ1) is 9.90. The van der Waals surface area contributed by atoms with Crippen LogP contribution in [0.3, 0.4) is 0 Å². The molecule has 3 amide bonds. The molecule has 0 aromatic rings. The van der Waals surface area contributed by atoms with Crippen molar-refractivity contribution >= 4 is 17.7 Å². The lowest BCUT2D eigenvalue weighted by Crippen LogP contribution is -2.54. The van der Waals surface area contributed by atoms with Crippen molar-refractivity contribution in [3.05, 3.63) is 12.2 Å². The van der Waals surface area contributed by atoms with Gasteiger partial charge in [0.05, 0.1) is 6.54 Å². The molecule has 0 fully saturated rings. The molecule has 0 bridgehead atoms. The SMILES string of the molecule is CC(C)C[C@H](NC(=O)[C@@H]1C=CCCN1)C(=O)NCC(N)=O. The molecule has 1 aliphatic heterocycles. The van der Waals surface area contributed by atoms with Gasteiger partial charge in [-0.05, 0) is 25.3 Å². The average Bonchev–Trinajstić information content (AvgIpc) is 2.44. The summed E-state index contributed by atoms with van der Waals surface area (Å²) in [6.07, 6.45) is 5.10. The van der Waals surface area contributed by atoms with Crippen molar-refractivity contribution in [2.75, 3.05) is 13.1 Å². The van der Waals surface area contributed by atoms with Gasteiger partial charge >= 0.3 is 0 Å². The summed E-state index contributed by atoms with van der Waals surface area (Å²) in [5.41, 5.74) is 5.00. The Bertz CT molecular complexity index is 420. The number of carbonyl (C=O) groups is 3. The molecule has 5 N–H and O–H groups in total. The van der Waals surface area contributed by atoms with E-state index in [1.54, 1.807) is 6.08 Å². The Morgan fingerprint density at radius 3 is 2.62 bits per heavy atom. The second kappa shape index (κ2) is 8.41. The molecule has 0 spiro atoms. The molecule has 0 saturated heterocycles. The Balaban J connectivity index is 2.61. The Hall–Kier alpha value is -1.89. The van der Waals surface area contributed by atoms with E-state index >= 15 is 0 Å². The molecular formula is C14H24N4O3. The summed E-state index contributed by atoms with van der Waals surface area (Å²) in [5.74, 6) is -1.03. The fourth-order valence-electron chi connectivity index (χ4n) is 2.06. The standard InChI is InChI=1S/C14H24N4O3/c1-9(2)7-11(13(20)17-8-12(15)19)18-14(21)10-5-3-4-6-16-10/h3,5,9-11,16H,4,6-8H2,1-2H3,(H2,15,19)(H,17,20)(H,18,21)/t10-,11-/m0/s1. The molecule has 118 valence electrons. The van der Waals surface area contributed by atoms with E-state index in [0.29, 0.717) is 6.42 Å². The molecule has 0 saturated carbocycles. The first kappa shape index (κ1) is 17.2. The minimum Gasteiger partial charge on any atom is -0.368 e. The molecule has 0 aliphatic carbocycles. The zero-order chi connectivity index (χ0) is 15.8. The highest BCUT2D eigenvalue weighted by Gasteiger charge is 2.25. The fraction of sp³-hybridized carbons (Fsp3) is 0.643. The van der Waals surface area contributed by atoms with Gasteiger partial charge < -0.3 is 21.7 Å². The minimum atomic E-state index is -0.672. The number of hydrogen-bond donors (Lipinski definition) is 4. The maximum absolute atomic E-state index is 12.1. The maximum atomic E-state index is 12.1.